The van der Waals surface area contributed by atoms with Crippen LogP contribution >= 0.6 is 11.3 Å². The highest BCUT2D eigenvalue weighted by Gasteiger charge is 2.18. The van der Waals surface area contributed by atoms with E-state index < -0.39 is 18.0 Å². The average molecular weight is 279 g/mol. The third-order valence-electron chi connectivity index (χ3n) is 2.48. The maximum atomic E-state index is 13.5. The van der Waals surface area contributed by atoms with Crippen LogP contribution in [0.15, 0.2) is 37.1 Å². The average Bonchev–Trinajstić information content (AvgIpc) is 2.80. The van der Waals surface area contributed by atoms with Crippen LogP contribution in [-0.2, 0) is 9.53 Å². The molecule has 2 N–H and O–H groups in total. The number of amides is 1. The fraction of sp³-hybridized carbons (Fsp3) is 0.0769. The first kappa shape index (κ1) is 13.2. The largest absolute Gasteiger partial charge is 0.431 e. The van der Waals surface area contributed by atoms with E-state index in [0.717, 1.165) is 23.0 Å². The van der Waals surface area contributed by atoms with Gasteiger partial charge in [-0.1, -0.05) is 18.7 Å². The quantitative estimate of drug-likeness (QED) is 0.691. The number of nitrogens with two attached hydrogens (primary N) is 1. The highest BCUT2D eigenvalue weighted by atomic mass is 32.1. The van der Waals surface area contributed by atoms with Crippen molar-refractivity contribution in [1.29, 1.82) is 0 Å². The molecule has 1 unspecified atom stereocenters. The molecular weight excluding hydrogens is 269 g/mol. The van der Waals surface area contributed by atoms with Gasteiger partial charge in [0, 0.05) is 4.70 Å². The number of esters is 1. The maximum absolute atomic E-state index is 13.5. The summed E-state index contributed by atoms with van der Waals surface area (Å²) in [4.78, 5) is 22.7. The van der Waals surface area contributed by atoms with Crippen molar-refractivity contribution in [2.75, 3.05) is 0 Å². The first-order valence-corrected chi connectivity index (χ1v) is 6.13. The number of carbonyl (C=O) groups is 2. The van der Waals surface area contributed by atoms with Crippen LogP contribution in [-0.4, -0.2) is 11.9 Å². The number of carbonyl (C=O) groups excluding carboxylic acids is 2. The Morgan fingerprint density at radius 2 is 2.16 bits per heavy atom. The second-order valence-corrected chi connectivity index (χ2v) is 4.83. The summed E-state index contributed by atoms with van der Waals surface area (Å²) in [5.74, 6) is -1.56. The van der Waals surface area contributed by atoms with Gasteiger partial charge >= 0.3 is 5.97 Å². The molecule has 0 spiro atoms. The Hall–Kier alpha value is -2.21. The van der Waals surface area contributed by atoms with E-state index in [1.54, 1.807) is 12.1 Å². The third-order valence-corrected chi connectivity index (χ3v) is 3.56. The molecule has 0 bridgehead atoms. The van der Waals surface area contributed by atoms with Gasteiger partial charge in [0.05, 0.1) is 6.26 Å². The summed E-state index contributed by atoms with van der Waals surface area (Å²) in [5.41, 5.74) is 5.08. The zero-order valence-electron chi connectivity index (χ0n) is 9.76. The van der Waals surface area contributed by atoms with Crippen LogP contribution in [0.25, 0.3) is 10.1 Å². The number of alkyl halides is 1. The van der Waals surface area contributed by atoms with Crippen LogP contribution in [0, 0.1) is 0 Å². The number of rotatable bonds is 4. The molecule has 0 fully saturated rings. The van der Waals surface area contributed by atoms with Gasteiger partial charge in [0.2, 0.25) is 6.17 Å². The molecule has 0 aliphatic heterocycles. The van der Waals surface area contributed by atoms with Crippen LogP contribution in [0.2, 0.25) is 0 Å². The topological polar surface area (TPSA) is 69.4 Å². The molecule has 2 rings (SSSR count). The van der Waals surface area contributed by atoms with Gasteiger partial charge in [0.1, 0.15) is 4.88 Å². The van der Waals surface area contributed by atoms with Crippen molar-refractivity contribution in [2.24, 2.45) is 5.73 Å². The molecule has 0 saturated carbocycles. The number of benzene rings is 1. The molecule has 1 amide bonds. The van der Waals surface area contributed by atoms with E-state index in [9.17, 15) is 14.0 Å². The predicted molar refractivity (Wildman–Crippen MR) is 70.5 cm³/mol. The van der Waals surface area contributed by atoms with Gasteiger partial charge in [-0.25, -0.2) is 9.18 Å². The van der Waals surface area contributed by atoms with Crippen LogP contribution in [0.5, 0.6) is 0 Å². The normalized spacial score (nSPS) is 12.1. The van der Waals surface area contributed by atoms with E-state index in [0.29, 0.717) is 9.58 Å². The maximum Gasteiger partial charge on any atom is 0.353 e. The van der Waals surface area contributed by atoms with E-state index in [4.69, 9.17) is 5.73 Å². The van der Waals surface area contributed by atoms with Crippen molar-refractivity contribution in [3.8, 4) is 0 Å². The Kier molecular flexibility index (Phi) is 3.62. The first-order chi connectivity index (χ1) is 9.02. The lowest BCUT2D eigenvalue weighted by Crippen LogP contribution is -2.17. The molecule has 1 atom stereocenters. The predicted octanol–water partition coefficient (Wildman–Crippen LogP) is 2.70. The second-order valence-electron chi connectivity index (χ2n) is 3.74. The zero-order valence-corrected chi connectivity index (χ0v) is 10.6. The lowest BCUT2D eigenvalue weighted by Gasteiger charge is -2.03. The standard InChI is InChI=1S/C13H10FNO3S/c1-2-18-13(17)10-5-7-3-4-8(6-9(7)19-10)11(14)12(15)16/h2-6,11H,1H2,(H2,15,16). The Balaban J connectivity index is 2.41. The molecule has 2 aromatic rings. The molecular formula is C13H10FNO3S. The SMILES string of the molecule is C=COC(=O)c1cc2ccc(C(F)C(N)=O)cc2s1. The van der Waals surface area contributed by atoms with Crippen molar-refractivity contribution >= 4 is 33.3 Å². The van der Waals surface area contributed by atoms with E-state index in [1.165, 1.54) is 12.1 Å². The van der Waals surface area contributed by atoms with Gasteiger partial charge in [0.15, 0.2) is 0 Å². The van der Waals surface area contributed by atoms with Crippen LogP contribution in [0.4, 0.5) is 4.39 Å². The highest BCUT2D eigenvalue weighted by Crippen LogP contribution is 2.29. The summed E-state index contributed by atoms with van der Waals surface area (Å²) < 4.78 is 18.8. The van der Waals surface area contributed by atoms with Gasteiger partial charge in [-0.3, -0.25) is 4.79 Å². The fourth-order valence-electron chi connectivity index (χ4n) is 1.60. The molecule has 4 nitrogen and oxygen atoms in total. The van der Waals surface area contributed by atoms with E-state index in [-0.39, 0.29) is 5.56 Å². The van der Waals surface area contributed by atoms with Gasteiger partial charge in [-0.05, 0) is 23.1 Å². The van der Waals surface area contributed by atoms with Crippen LogP contribution in [0.3, 0.4) is 0 Å². The fourth-order valence-corrected chi connectivity index (χ4v) is 2.60. The summed E-state index contributed by atoms with van der Waals surface area (Å²) in [6.45, 7) is 3.30. The first-order valence-electron chi connectivity index (χ1n) is 5.31. The molecule has 1 aromatic heterocycles. The highest BCUT2D eigenvalue weighted by molar-refractivity contribution is 7.20. The van der Waals surface area contributed by atoms with E-state index in [1.807, 2.05) is 0 Å². The lowest BCUT2D eigenvalue weighted by atomic mass is 10.1. The number of hydrogen-bond donors (Lipinski definition) is 1. The van der Waals surface area contributed by atoms with Gasteiger partial charge in [0.25, 0.3) is 5.91 Å². The van der Waals surface area contributed by atoms with Crippen LogP contribution in [0.1, 0.15) is 21.4 Å². The van der Waals surface area contributed by atoms with Crippen molar-refractivity contribution in [3.05, 3.63) is 47.5 Å². The summed E-state index contributed by atoms with van der Waals surface area (Å²) in [7, 11) is 0. The number of fused-ring (bicyclic) bond motifs is 1. The van der Waals surface area contributed by atoms with Crippen molar-refractivity contribution in [3.63, 3.8) is 0 Å². The molecule has 0 radical (unpaired) electrons. The Labute approximate surface area is 112 Å². The smallest absolute Gasteiger partial charge is 0.353 e. The molecule has 0 saturated heterocycles. The molecule has 1 heterocycles. The van der Waals surface area contributed by atoms with Crippen molar-refractivity contribution < 1.29 is 18.7 Å². The molecule has 19 heavy (non-hydrogen) atoms. The summed E-state index contributed by atoms with van der Waals surface area (Å²) in [6, 6.07) is 6.22. The van der Waals surface area contributed by atoms with E-state index in [2.05, 4.69) is 11.3 Å². The summed E-state index contributed by atoms with van der Waals surface area (Å²) in [5, 5.41) is 0.765. The number of halogens is 1. The number of primary amides is 1. The van der Waals surface area contributed by atoms with Gasteiger partial charge < -0.3 is 10.5 Å². The number of thiophene rings is 1. The van der Waals surface area contributed by atoms with Gasteiger partial charge in [-0.15, -0.1) is 11.3 Å². The Bertz CT molecular complexity index is 665. The monoisotopic (exact) mass is 279 g/mol. The molecule has 0 aliphatic carbocycles. The molecule has 6 heteroatoms. The zero-order chi connectivity index (χ0) is 14.0. The number of ether oxygens (including phenoxy) is 1. The third kappa shape index (κ3) is 2.63. The minimum Gasteiger partial charge on any atom is -0.431 e. The Morgan fingerprint density at radius 3 is 2.79 bits per heavy atom. The molecule has 98 valence electrons. The summed E-state index contributed by atoms with van der Waals surface area (Å²) >= 11 is 1.15. The van der Waals surface area contributed by atoms with Crippen molar-refractivity contribution in [1.82, 2.24) is 0 Å². The molecule has 1 aromatic carbocycles. The van der Waals surface area contributed by atoms with Gasteiger partial charge in [-0.2, -0.15) is 0 Å². The second kappa shape index (κ2) is 5.19. The molecule has 0 aliphatic rings. The van der Waals surface area contributed by atoms with E-state index >= 15 is 0 Å². The minimum atomic E-state index is -1.85. The van der Waals surface area contributed by atoms with Crippen molar-refractivity contribution in [2.45, 2.75) is 6.17 Å². The lowest BCUT2D eigenvalue weighted by molar-refractivity contribution is -0.122. The summed E-state index contributed by atoms with van der Waals surface area (Å²) in [6.07, 6.45) is -0.807. The minimum absolute atomic E-state index is 0.172. The van der Waals surface area contributed by atoms with Crippen LogP contribution < -0.4 is 5.73 Å². The number of hydrogen-bond acceptors (Lipinski definition) is 4. The Morgan fingerprint density at radius 1 is 1.42 bits per heavy atom.